The van der Waals surface area contributed by atoms with Gasteiger partial charge >= 0.3 is 0 Å². The van der Waals surface area contributed by atoms with Gasteiger partial charge in [-0.15, -0.1) is 0 Å². The van der Waals surface area contributed by atoms with Crippen molar-refractivity contribution < 1.29 is 14.4 Å². The molecule has 50 heavy (non-hydrogen) atoms. The highest BCUT2D eigenvalue weighted by atomic mass is 16.2. The minimum atomic E-state index is -0.425. The Morgan fingerprint density at radius 2 is 1.68 bits per heavy atom. The number of H-pyrrole nitrogens is 1. The van der Waals surface area contributed by atoms with Gasteiger partial charge in [-0.3, -0.25) is 34.4 Å². The Balaban J connectivity index is 0.861. The number of hydrogen-bond donors (Lipinski definition) is 4. The summed E-state index contributed by atoms with van der Waals surface area (Å²) in [4.78, 5) is 68.0. The molecule has 1 unspecified atom stereocenters. The summed E-state index contributed by atoms with van der Waals surface area (Å²) in [5.41, 5.74) is 6.66. The van der Waals surface area contributed by atoms with E-state index in [2.05, 4.69) is 45.6 Å². The maximum absolute atomic E-state index is 13.1. The second kappa shape index (κ2) is 14.7. The first-order valence-corrected chi connectivity index (χ1v) is 17.5. The van der Waals surface area contributed by atoms with E-state index in [1.54, 1.807) is 12.3 Å². The first-order valence-electron chi connectivity index (χ1n) is 17.5. The van der Waals surface area contributed by atoms with Crippen molar-refractivity contribution >= 4 is 45.8 Å². The molecule has 0 aliphatic carbocycles. The molecule has 3 aliphatic rings. The number of aryl methyl sites for hydroxylation is 1. The molecule has 3 amide bonds. The predicted octanol–water partition coefficient (Wildman–Crippen LogP) is 2.82. The summed E-state index contributed by atoms with van der Waals surface area (Å²) < 4.78 is 0. The number of amides is 3. The Bertz CT molecular complexity index is 1930. The number of nitrogens with zero attached hydrogens (tertiary/aromatic N) is 5. The second-order valence-corrected chi connectivity index (χ2v) is 13.4. The zero-order chi connectivity index (χ0) is 34.6. The third-order valence-electron chi connectivity index (χ3n) is 9.95. The zero-order valence-electron chi connectivity index (χ0n) is 28.3. The minimum absolute atomic E-state index is 0.0481. The lowest BCUT2D eigenvalue weighted by atomic mass is 10.0. The molecule has 0 bridgehead atoms. The largest absolute Gasteiger partial charge is 0.374 e. The van der Waals surface area contributed by atoms with Crippen LogP contribution in [0.2, 0.25) is 0 Å². The summed E-state index contributed by atoms with van der Waals surface area (Å²) in [7, 11) is 0. The average molecular weight is 678 g/mol. The van der Waals surface area contributed by atoms with Crippen molar-refractivity contribution in [1.29, 1.82) is 0 Å². The van der Waals surface area contributed by atoms with Gasteiger partial charge in [-0.05, 0) is 73.7 Å². The van der Waals surface area contributed by atoms with Gasteiger partial charge in [-0.1, -0.05) is 13.0 Å². The molecule has 3 aromatic heterocycles. The van der Waals surface area contributed by atoms with E-state index < -0.39 is 6.04 Å². The van der Waals surface area contributed by atoms with Gasteiger partial charge in [0.05, 0.1) is 22.9 Å². The maximum atomic E-state index is 13.1. The predicted molar refractivity (Wildman–Crippen MR) is 192 cm³/mol. The first-order chi connectivity index (χ1) is 24.3. The van der Waals surface area contributed by atoms with Gasteiger partial charge in [0, 0.05) is 81.4 Å². The number of benzene rings is 1. The molecule has 4 N–H and O–H groups in total. The van der Waals surface area contributed by atoms with Crippen LogP contribution in [0.5, 0.6) is 0 Å². The summed E-state index contributed by atoms with van der Waals surface area (Å²) in [5, 5.41) is 8.82. The van der Waals surface area contributed by atoms with Crippen molar-refractivity contribution in [2.75, 3.05) is 54.4 Å². The van der Waals surface area contributed by atoms with Gasteiger partial charge in [0.25, 0.3) is 11.5 Å². The third kappa shape index (κ3) is 7.62. The molecule has 13 nitrogen and oxygen atoms in total. The lowest BCUT2D eigenvalue weighted by Gasteiger charge is -2.36. The van der Waals surface area contributed by atoms with Crippen molar-refractivity contribution in [3.05, 3.63) is 88.1 Å². The molecule has 6 heterocycles. The van der Waals surface area contributed by atoms with Crippen molar-refractivity contribution in [3.63, 3.8) is 0 Å². The number of piperazine rings is 1. The summed E-state index contributed by atoms with van der Waals surface area (Å²) in [6, 6.07) is 15.3. The summed E-state index contributed by atoms with van der Waals surface area (Å²) in [6.45, 7) is 7.77. The van der Waals surface area contributed by atoms with Crippen molar-refractivity contribution in [1.82, 2.24) is 30.5 Å². The van der Waals surface area contributed by atoms with E-state index in [0.29, 0.717) is 25.0 Å². The van der Waals surface area contributed by atoms with E-state index in [-0.39, 0.29) is 29.3 Å². The molecule has 13 heteroatoms. The smallest absolute Gasteiger partial charge is 0.270 e. The van der Waals surface area contributed by atoms with Gasteiger partial charge in [0.15, 0.2) is 0 Å². The molecular weight excluding hydrogens is 634 g/mol. The fourth-order valence-corrected chi connectivity index (χ4v) is 7.01. The van der Waals surface area contributed by atoms with Gasteiger partial charge in [0.2, 0.25) is 11.8 Å². The molecule has 1 atom stereocenters. The van der Waals surface area contributed by atoms with E-state index in [1.165, 1.54) is 0 Å². The number of rotatable bonds is 9. The SMILES string of the molecule is CCc1cc2ncc(CN3CCN(c4ccc(C(=O)NC5CCN(c6cccc(NC7CCC(=O)NC7=O)c6)CC5)nc4)CC3)cc2[nH]c1=O. The lowest BCUT2D eigenvalue weighted by molar-refractivity contribution is -0.133. The number of hydrogen-bond acceptors (Lipinski definition) is 10. The zero-order valence-corrected chi connectivity index (χ0v) is 28.3. The number of imide groups is 1. The Labute approximate surface area is 290 Å². The van der Waals surface area contributed by atoms with Gasteiger partial charge in [-0.2, -0.15) is 0 Å². The van der Waals surface area contributed by atoms with E-state index in [0.717, 1.165) is 97.9 Å². The quantitative estimate of drug-likeness (QED) is 0.195. The fraction of sp³-hybridized carbons (Fsp3) is 0.405. The van der Waals surface area contributed by atoms with E-state index >= 15 is 0 Å². The highest BCUT2D eigenvalue weighted by molar-refractivity contribution is 6.01. The molecule has 3 fully saturated rings. The highest BCUT2D eigenvalue weighted by Crippen LogP contribution is 2.25. The Kier molecular flexibility index (Phi) is 9.74. The molecular formula is C37H43N9O4. The van der Waals surface area contributed by atoms with Crippen LogP contribution in [-0.2, 0) is 22.6 Å². The second-order valence-electron chi connectivity index (χ2n) is 13.4. The number of pyridine rings is 3. The molecule has 7 rings (SSSR count). The third-order valence-corrected chi connectivity index (χ3v) is 9.95. The number of carbonyl (C=O) groups is 3. The summed E-state index contributed by atoms with van der Waals surface area (Å²) in [5.74, 6) is -0.676. The van der Waals surface area contributed by atoms with Gasteiger partial charge in [-0.25, -0.2) is 4.98 Å². The molecule has 4 aromatic rings. The normalized spacial score (nSPS) is 19.0. The monoisotopic (exact) mass is 677 g/mol. The van der Waals surface area contributed by atoms with Crippen LogP contribution in [0.15, 0.2) is 65.7 Å². The number of fused-ring (bicyclic) bond motifs is 1. The minimum Gasteiger partial charge on any atom is -0.374 e. The van der Waals surface area contributed by atoms with Crippen molar-refractivity contribution in [3.8, 4) is 0 Å². The van der Waals surface area contributed by atoms with Crippen LogP contribution in [0, 0.1) is 0 Å². The topological polar surface area (TPSA) is 156 Å². The lowest BCUT2D eigenvalue weighted by Crippen LogP contribution is -2.47. The van der Waals surface area contributed by atoms with Crippen LogP contribution < -0.4 is 31.3 Å². The molecule has 1 aromatic carbocycles. The summed E-state index contributed by atoms with van der Waals surface area (Å²) >= 11 is 0. The molecule has 0 radical (unpaired) electrons. The van der Waals surface area contributed by atoms with E-state index in [1.807, 2.05) is 55.6 Å². The van der Waals surface area contributed by atoms with E-state index in [9.17, 15) is 19.2 Å². The highest BCUT2D eigenvalue weighted by Gasteiger charge is 2.27. The average Bonchev–Trinajstić information content (AvgIpc) is 3.13. The van der Waals surface area contributed by atoms with Crippen LogP contribution >= 0.6 is 0 Å². The molecule has 0 saturated carbocycles. The Morgan fingerprint density at radius 3 is 2.42 bits per heavy atom. The molecule has 260 valence electrons. The number of carbonyl (C=O) groups excluding carboxylic acids is 3. The Morgan fingerprint density at radius 1 is 0.880 bits per heavy atom. The number of piperidine rings is 2. The van der Waals surface area contributed by atoms with E-state index in [4.69, 9.17) is 0 Å². The first kappa shape index (κ1) is 33.2. The van der Waals surface area contributed by atoms with Crippen LogP contribution in [0.25, 0.3) is 11.0 Å². The number of aromatic amines is 1. The molecule has 3 saturated heterocycles. The van der Waals surface area contributed by atoms with Crippen molar-refractivity contribution in [2.24, 2.45) is 0 Å². The van der Waals surface area contributed by atoms with Crippen molar-refractivity contribution in [2.45, 2.75) is 57.7 Å². The fourth-order valence-electron chi connectivity index (χ4n) is 7.01. The Hall–Kier alpha value is -5.30. The van der Waals surface area contributed by atoms with Crippen LogP contribution in [0.4, 0.5) is 17.1 Å². The summed E-state index contributed by atoms with van der Waals surface area (Å²) in [6.07, 6.45) is 6.80. The number of aromatic nitrogens is 3. The van der Waals surface area contributed by atoms with Crippen LogP contribution in [0.3, 0.4) is 0 Å². The maximum Gasteiger partial charge on any atom is 0.270 e. The van der Waals surface area contributed by atoms with Gasteiger partial charge in [0.1, 0.15) is 11.7 Å². The van der Waals surface area contributed by atoms with Gasteiger partial charge < -0.3 is 25.4 Å². The van der Waals surface area contributed by atoms with Crippen LogP contribution in [0.1, 0.15) is 54.2 Å². The molecule has 3 aliphatic heterocycles. The molecule has 0 spiro atoms. The number of nitrogens with one attached hydrogen (secondary N) is 4. The number of anilines is 3. The van der Waals surface area contributed by atoms with Crippen LogP contribution in [-0.4, -0.2) is 88.9 Å². The standard InChI is InChI=1S/C37H43N9O4/c1-2-25-19-32-33(42-35(25)48)18-24(21-38-32)23-44-14-16-46(17-15-44)29-6-7-30(39-22-29)36(49)41-26-10-12-45(13-11-26)28-5-3-4-27(20-28)40-31-8-9-34(47)43-37(31)50/h3-7,18-22,26,31,40H,2,8-17,23H2,1H3,(H,41,49)(H,42,48)(H,43,47,50).